The molecule has 21 heavy (non-hydrogen) atoms. The van der Waals surface area contributed by atoms with Crippen LogP contribution in [0.25, 0.3) is 0 Å². The van der Waals surface area contributed by atoms with Gasteiger partial charge in [0.2, 0.25) is 6.29 Å². The monoisotopic (exact) mass is 317 g/mol. The summed E-state index contributed by atoms with van der Waals surface area (Å²) in [4.78, 5) is 8.03. The van der Waals surface area contributed by atoms with Crippen molar-refractivity contribution in [3.8, 4) is 0 Å². The van der Waals surface area contributed by atoms with E-state index >= 15 is 0 Å². The molecule has 6 nitrogen and oxygen atoms in total. The summed E-state index contributed by atoms with van der Waals surface area (Å²) < 4.78 is 36.5. The normalized spacial score (nSPS) is 30.3. The van der Waals surface area contributed by atoms with Crippen LogP contribution >= 0.6 is 11.8 Å². The van der Waals surface area contributed by atoms with Crippen molar-refractivity contribution in [2.45, 2.75) is 42.6 Å². The number of alkyl halides is 2. The molecule has 0 radical (unpaired) electrons. The zero-order chi connectivity index (χ0) is 15.0. The largest absolute Gasteiger partial charge is 0.411 e. The maximum atomic E-state index is 12.8. The van der Waals surface area contributed by atoms with E-state index in [1.54, 1.807) is 6.92 Å². The number of aryl methyl sites for hydroxylation is 1. The number of aromatic nitrogens is 2. The fourth-order valence-corrected chi connectivity index (χ4v) is 3.47. The van der Waals surface area contributed by atoms with E-state index in [9.17, 15) is 8.78 Å². The van der Waals surface area contributed by atoms with Gasteiger partial charge in [0, 0.05) is 17.4 Å². The van der Waals surface area contributed by atoms with Crippen LogP contribution in [0, 0.1) is 6.92 Å². The fraction of sp³-hybridized carbons (Fsp3) is 0.583. The van der Waals surface area contributed by atoms with E-state index in [4.69, 9.17) is 14.7 Å². The fourth-order valence-electron chi connectivity index (χ4n) is 2.29. The Kier molecular flexibility index (Phi) is 4.05. The van der Waals surface area contributed by atoms with Crippen molar-refractivity contribution >= 4 is 17.5 Å². The highest BCUT2D eigenvalue weighted by Gasteiger charge is 2.43. The first-order valence-electron chi connectivity index (χ1n) is 6.35. The number of rotatable bonds is 3. The van der Waals surface area contributed by atoms with Gasteiger partial charge in [-0.25, -0.2) is 18.7 Å². The van der Waals surface area contributed by atoms with E-state index < -0.39 is 12.7 Å². The smallest absolute Gasteiger partial charge is 0.280 e. The first kappa shape index (κ1) is 14.6. The molecule has 2 aliphatic rings. The number of fused-ring (bicyclic) bond motifs is 2. The van der Waals surface area contributed by atoms with Crippen LogP contribution in [-0.2, 0) is 9.47 Å². The van der Waals surface area contributed by atoms with Crippen LogP contribution in [0.15, 0.2) is 16.4 Å². The lowest BCUT2D eigenvalue weighted by Gasteiger charge is -2.26. The Labute approximate surface area is 123 Å². The van der Waals surface area contributed by atoms with Crippen molar-refractivity contribution in [1.29, 1.82) is 0 Å². The number of thioether (sulfide) groups is 1. The van der Waals surface area contributed by atoms with Crippen molar-refractivity contribution in [1.82, 2.24) is 9.97 Å². The van der Waals surface area contributed by atoms with Gasteiger partial charge in [0.15, 0.2) is 5.16 Å². The van der Waals surface area contributed by atoms with Gasteiger partial charge in [-0.2, -0.15) is 0 Å². The average molecular weight is 317 g/mol. The lowest BCUT2D eigenvalue weighted by molar-refractivity contribution is -0.0169. The van der Waals surface area contributed by atoms with E-state index in [-0.39, 0.29) is 22.2 Å². The lowest BCUT2D eigenvalue weighted by Crippen LogP contribution is -2.37. The second-order valence-corrected chi connectivity index (χ2v) is 6.02. The Morgan fingerprint density at radius 1 is 1.48 bits per heavy atom. The number of oxime groups is 1. The first-order valence-corrected chi connectivity index (χ1v) is 7.23. The van der Waals surface area contributed by atoms with Gasteiger partial charge in [-0.1, -0.05) is 16.9 Å². The molecule has 3 rings (SSSR count). The summed E-state index contributed by atoms with van der Waals surface area (Å²) in [7, 11) is 0. The Balaban J connectivity index is 1.80. The van der Waals surface area contributed by atoms with E-state index in [1.165, 1.54) is 17.8 Å². The molecule has 3 unspecified atom stereocenters. The quantitative estimate of drug-likeness (QED) is 0.523. The molecular weight excluding hydrogens is 304 g/mol. The second kappa shape index (κ2) is 5.82. The number of nitrogens with zero attached hydrogens (tertiary/aromatic N) is 3. The lowest BCUT2D eigenvalue weighted by atomic mass is 10.1. The summed E-state index contributed by atoms with van der Waals surface area (Å²) in [5, 5.41) is 12.2. The van der Waals surface area contributed by atoms with Gasteiger partial charge in [-0.15, -0.1) is 0 Å². The molecule has 2 bridgehead atoms. The number of hydrogen-bond acceptors (Lipinski definition) is 7. The van der Waals surface area contributed by atoms with Crippen LogP contribution in [-0.4, -0.2) is 45.1 Å². The molecule has 1 N–H and O–H groups in total. The molecule has 0 spiro atoms. The predicted octanol–water partition coefficient (Wildman–Crippen LogP) is 2.16. The molecule has 114 valence electrons. The third-order valence-corrected chi connectivity index (χ3v) is 4.44. The summed E-state index contributed by atoms with van der Waals surface area (Å²) >= 11 is 1.24. The van der Waals surface area contributed by atoms with Crippen LogP contribution in [0.1, 0.15) is 24.2 Å². The molecule has 3 heterocycles. The van der Waals surface area contributed by atoms with Gasteiger partial charge >= 0.3 is 0 Å². The molecular formula is C12H13F2N3O3S. The summed E-state index contributed by atoms with van der Waals surface area (Å²) in [6.07, 6.45) is -2.99. The molecule has 2 saturated heterocycles. The van der Waals surface area contributed by atoms with Crippen LogP contribution < -0.4 is 0 Å². The molecule has 0 aliphatic carbocycles. The van der Waals surface area contributed by atoms with E-state index in [0.717, 1.165) is 0 Å². The molecule has 2 fully saturated rings. The molecule has 3 atom stereocenters. The highest BCUT2D eigenvalue weighted by atomic mass is 32.2. The summed E-state index contributed by atoms with van der Waals surface area (Å²) in [6.45, 7) is 2.01. The van der Waals surface area contributed by atoms with E-state index in [2.05, 4.69) is 15.1 Å². The van der Waals surface area contributed by atoms with Crippen LogP contribution in [0.4, 0.5) is 8.78 Å². The van der Waals surface area contributed by atoms with Gasteiger partial charge < -0.3 is 14.7 Å². The van der Waals surface area contributed by atoms with Gasteiger partial charge in [-0.05, 0) is 13.0 Å². The third kappa shape index (κ3) is 2.99. The van der Waals surface area contributed by atoms with Gasteiger partial charge in [-0.3, -0.25) is 0 Å². The summed E-state index contributed by atoms with van der Waals surface area (Å²) in [6, 6.07) is 1.27. The Morgan fingerprint density at radius 3 is 3.00 bits per heavy atom. The van der Waals surface area contributed by atoms with Crippen LogP contribution in [0.2, 0.25) is 0 Å². The minimum atomic E-state index is -2.64. The average Bonchev–Trinajstić information content (AvgIpc) is 2.86. The molecule has 0 aromatic carbocycles. The minimum absolute atomic E-state index is 0.137. The Bertz CT molecular complexity index is 573. The van der Waals surface area contributed by atoms with E-state index in [1.807, 2.05) is 0 Å². The zero-order valence-electron chi connectivity index (χ0n) is 11.1. The van der Waals surface area contributed by atoms with Crippen molar-refractivity contribution < 1.29 is 23.5 Å². The van der Waals surface area contributed by atoms with E-state index in [0.29, 0.717) is 24.4 Å². The maximum absolute atomic E-state index is 12.8. The molecule has 1 aromatic rings. The highest BCUT2D eigenvalue weighted by Crippen LogP contribution is 2.36. The summed E-state index contributed by atoms with van der Waals surface area (Å²) in [5.41, 5.74) is 0.581. The molecule has 9 heteroatoms. The zero-order valence-corrected chi connectivity index (χ0v) is 11.9. The Morgan fingerprint density at radius 2 is 2.29 bits per heavy atom. The molecule has 0 amide bonds. The van der Waals surface area contributed by atoms with Crippen molar-refractivity contribution in [2.24, 2.45) is 5.16 Å². The van der Waals surface area contributed by atoms with Crippen molar-refractivity contribution in [3.05, 3.63) is 17.5 Å². The van der Waals surface area contributed by atoms with Gasteiger partial charge in [0.05, 0.1) is 12.7 Å². The third-order valence-electron chi connectivity index (χ3n) is 3.27. The van der Waals surface area contributed by atoms with Gasteiger partial charge in [0.25, 0.3) is 6.43 Å². The number of hydrogen-bond donors (Lipinski definition) is 1. The predicted molar refractivity (Wildman–Crippen MR) is 69.8 cm³/mol. The summed E-state index contributed by atoms with van der Waals surface area (Å²) in [5.74, 6) is 0. The second-order valence-electron chi connectivity index (χ2n) is 4.81. The highest BCUT2D eigenvalue weighted by molar-refractivity contribution is 7.99. The van der Waals surface area contributed by atoms with Gasteiger partial charge in [0.1, 0.15) is 11.4 Å². The van der Waals surface area contributed by atoms with Crippen LogP contribution in [0.3, 0.4) is 0 Å². The maximum Gasteiger partial charge on any atom is 0.280 e. The Hall–Kier alpha value is -1.32. The number of ether oxygens (including phenoxy) is 2. The van der Waals surface area contributed by atoms with Crippen molar-refractivity contribution in [2.75, 3.05) is 6.61 Å². The van der Waals surface area contributed by atoms with Crippen LogP contribution in [0.5, 0.6) is 0 Å². The molecule has 2 aliphatic heterocycles. The SMILES string of the molecule is Cc1cc(C(F)F)nc(SC2C/C(=N\O)C3OCC2O3)n1. The standard InChI is InChI=1S/C12H13F2N3O3S/c1-5-2-6(10(13)14)16-12(15-5)21-9-3-7(17-18)11-19-4-8(9)20-11/h2,8-11,18H,3-4H2,1H3/b17-7+. The number of halogens is 2. The topological polar surface area (TPSA) is 76.8 Å². The first-order chi connectivity index (χ1) is 10.1. The molecule has 1 aromatic heterocycles. The molecule has 0 saturated carbocycles. The minimum Gasteiger partial charge on any atom is -0.411 e. The van der Waals surface area contributed by atoms with Crippen molar-refractivity contribution in [3.63, 3.8) is 0 Å².